The van der Waals surface area contributed by atoms with E-state index in [0.29, 0.717) is 13.0 Å². The highest BCUT2D eigenvalue weighted by atomic mass is 16.5. The Balaban J connectivity index is 3.73. The Morgan fingerprint density at radius 3 is 2.39 bits per heavy atom. The Morgan fingerprint density at radius 1 is 1.00 bits per heavy atom. The van der Waals surface area contributed by atoms with Gasteiger partial charge in [0.2, 0.25) is 0 Å². The van der Waals surface area contributed by atoms with Gasteiger partial charge in [0.25, 0.3) is 0 Å². The van der Waals surface area contributed by atoms with Crippen LogP contribution in [0.25, 0.3) is 0 Å². The number of rotatable bonds is 12. The summed E-state index contributed by atoms with van der Waals surface area (Å²) < 4.78 is 5.55. The summed E-state index contributed by atoms with van der Waals surface area (Å²) in [6.07, 6.45) is 10.3. The van der Waals surface area contributed by atoms with E-state index in [2.05, 4.69) is 13.8 Å². The fourth-order valence-corrected chi connectivity index (χ4v) is 2.04. The summed E-state index contributed by atoms with van der Waals surface area (Å²) in [6.45, 7) is 5.05. The van der Waals surface area contributed by atoms with E-state index in [1.807, 2.05) is 0 Å². The van der Waals surface area contributed by atoms with Crippen molar-refractivity contribution in [2.45, 2.75) is 84.2 Å². The first kappa shape index (κ1) is 17.4. The Labute approximate surface area is 112 Å². The second-order valence-electron chi connectivity index (χ2n) is 5.00. The number of ether oxygens (including phenoxy) is 1. The highest BCUT2D eigenvalue weighted by Crippen LogP contribution is 2.13. The molecular formula is C15H31NO2. The van der Waals surface area contributed by atoms with Crippen molar-refractivity contribution in [3.8, 4) is 0 Å². The number of unbranched alkanes of at least 4 members (excludes halogenated alkanes) is 4. The van der Waals surface area contributed by atoms with Crippen LogP contribution in [0.1, 0.15) is 78.1 Å². The van der Waals surface area contributed by atoms with Gasteiger partial charge in [0, 0.05) is 6.42 Å². The molecule has 0 heterocycles. The normalized spacial score (nSPS) is 12.4. The van der Waals surface area contributed by atoms with Gasteiger partial charge in [-0.3, -0.25) is 4.79 Å². The van der Waals surface area contributed by atoms with Crippen molar-refractivity contribution in [1.82, 2.24) is 0 Å². The van der Waals surface area contributed by atoms with Crippen molar-refractivity contribution in [3.63, 3.8) is 0 Å². The lowest BCUT2D eigenvalue weighted by Crippen LogP contribution is -2.18. The molecule has 0 aliphatic rings. The van der Waals surface area contributed by atoms with Crippen molar-refractivity contribution in [1.29, 1.82) is 0 Å². The predicted octanol–water partition coefficient (Wildman–Crippen LogP) is 3.80. The largest absolute Gasteiger partial charge is 0.462 e. The van der Waals surface area contributed by atoms with Gasteiger partial charge in [0.05, 0.1) is 0 Å². The van der Waals surface area contributed by atoms with E-state index in [-0.39, 0.29) is 12.1 Å². The Kier molecular flexibility index (Phi) is 12.5. The molecule has 0 saturated heterocycles. The third-order valence-corrected chi connectivity index (χ3v) is 3.12. The van der Waals surface area contributed by atoms with Crippen LogP contribution < -0.4 is 5.73 Å². The quantitative estimate of drug-likeness (QED) is 0.427. The standard InChI is InChI=1S/C15H31NO2/c1-3-5-7-11-14(10-4-2)18-15(17)12-8-6-9-13-16/h14H,3-13,16H2,1-2H3. The van der Waals surface area contributed by atoms with Gasteiger partial charge in [0.1, 0.15) is 6.10 Å². The molecule has 0 spiro atoms. The average molecular weight is 257 g/mol. The zero-order valence-corrected chi connectivity index (χ0v) is 12.2. The van der Waals surface area contributed by atoms with Gasteiger partial charge in [-0.15, -0.1) is 0 Å². The van der Waals surface area contributed by atoms with E-state index in [4.69, 9.17) is 10.5 Å². The molecule has 18 heavy (non-hydrogen) atoms. The Hall–Kier alpha value is -0.570. The van der Waals surface area contributed by atoms with Crippen LogP contribution in [-0.2, 0) is 9.53 Å². The van der Waals surface area contributed by atoms with Gasteiger partial charge < -0.3 is 10.5 Å². The lowest BCUT2D eigenvalue weighted by atomic mass is 10.1. The number of carbonyl (C=O) groups excluding carboxylic acids is 1. The molecule has 0 saturated carbocycles. The maximum atomic E-state index is 11.7. The summed E-state index contributed by atoms with van der Waals surface area (Å²) in [5.74, 6) is -0.0260. The summed E-state index contributed by atoms with van der Waals surface area (Å²) in [4.78, 5) is 11.7. The number of hydrogen-bond donors (Lipinski definition) is 1. The molecule has 0 aromatic heterocycles. The highest BCUT2D eigenvalue weighted by Gasteiger charge is 2.12. The third-order valence-electron chi connectivity index (χ3n) is 3.12. The summed E-state index contributed by atoms with van der Waals surface area (Å²) >= 11 is 0. The number of esters is 1. The lowest BCUT2D eigenvalue weighted by Gasteiger charge is -2.17. The summed E-state index contributed by atoms with van der Waals surface area (Å²) in [5.41, 5.74) is 5.42. The van der Waals surface area contributed by atoms with E-state index < -0.39 is 0 Å². The second kappa shape index (κ2) is 12.9. The SMILES string of the molecule is CCCCCC(CCC)OC(=O)CCCCCN. The van der Waals surface area contributed by atoms with Crippen LogP contribution in [-0.4, -0.2) is 18.6 Å². The lowest BCUT2D eigenvalue weighted by molar-refractivity contribution is -0.150. The highest BCUT2D eigenvalue weighted by molar-refractivity contribution is 5.69. The predicted molar refractivity (Wildman–Crippen MR) is 76.5 cm³/mol. The minimum absolute atomic E-state index is 0.0260. The molecule has 1 atom stereocenters. The van der Waals surface area contributed by atoms with Crippen LogP contribution in [0.2, 0.25) is 0 Å². The van der Waals surface area contributed by atoms with Crippen LogP contribution >= 0.6 is 0 Å². The van der Waals surface area contributed by atoms with Crippen LogP contribution in [0, 0.1) is 0 Å². The molecule has 0 radical (unpaired) electrons. The maximum absolute atomic E-state index is 11.7. The monoisotopic (exact) mass is 257 g/mol. The van der Waals surface area contributed by atoms with E-state index >= 15 is 0 Å². The van der Waals surface area contributed by atoms with Crippen molar-refractivity contribution >= 4 is 5.97 Å². The van der Waals surface area contributed by atoms with E-state index in [1.165, 1.54) is 19.3 Å². The minimum atomic E-state index is -0.0260. The first-order valence-electron chi connectivity index (χ1n) is 7.64. The van der Waals surface area contributed by atoms with E-state index in [0.717, 1.165) is 38.5 Å². The topological polar surface area (TPSA) is 52.3 Å². The van der Waals surface area contributed by atoms with Crippen LogP contribution in [0.5, 0.6) is 0 Å². The molecule has 0 aromatic carbocycles. The summed E-state index contributed by atoms with van der Waals surface area (Å²) in [6, 6.07) is 0. The van der Waals surface area contributed by atoms with Gasteiger partial charge >= 0.3 is 5.97 Å². The maximum Gasteiger partial charge on any atom is 0.306 e. The van der Waals surface area contributed by atoms with Gasteiger partial charge in [-0.25, -0.2) is 0 Å². The van der Waals surface area contributed by atoms with Gasteiger partial charge in [-0.05, 0) is 38.6 Å². The first-order valence-corrected chi connectivity index (χ1v) is 7.64. The number of nitrogens with two attached hydrogens (primary N) is 1. The minimum Gasteiger partial charge on any atom is -0.462 e. The Bertz CT molecular complexity index is 195. The van der Waals surface area contributed by atoms with Crippen molar-refractivity contribution in [3.05, 3.63) is 0 Å². The van der Waals surface area contributed by atoms with Crippen LogP contribution in [0.4, 0.5) is 0 Å². The molecule has 3 heteroatoms. The van der Waals surface area contributed by atoms with Gasteiger partial charge in [-0.1, -0.05) is 39.5 Å². The summed E-state index contributed by atoms with van der Waals surface area (Å²) in [5, 5.41) is 0. The second-order valence-corrected chi connectivity index (χ2v) is 5.00. The third kappa shape index (κ3) is 10.6. The molecule has 0 aromatic rings. The molecular weight excluding hydrogens is 226 g/mol. The van der Waals surface area contributed by atoms with Crippen molar-refractivity contribution in [2.24, 2.45) is 5.73 Å². The first-order chi connectivity index (χ1) is 8.74. The molecule has 1 unspecified atom stereocenters. The Morgan fingerprint density at radius 2 is 1.78 bits per heavy atom. The molecule has 0 amide bonds. The zero-order chi connectivity index (χ0) is 13.6. The summed E-state index contributed by atoms with van der Waals surface area (Å²) in [7, 11) is 0. The molecule has 0 rings (SSSR count). The van der Waals surface area contributed by atoms with Gasteiger partial charge in [-0.2, -0.15) is 0 Å². The van der Waals surface area contributed by atoms with Gasteiger partial charge in [0.15, 0.2) is 0 Å². The number of carbonyl (C=O) groups is 1. The average Bonchev–Trinajstić information content (AvgIpc) is 2.35. The molecule has 3 nitrogen and oxygen atoms in total. The van der Waals surface area contributed by atoms with Crippen molar-refractivity contribution in [2.75, 3.05) is 6.54 Å². The molecule has 108 valence electrons. The molecule has 2 N–H and O–H groups in total. The fraction of sp³-hybridized carbons (Fsp3) is 0.933. The zero-order valence-electron chi connectivity index (χ0n) is 12.2. The molecule has 0 bridgehead atoms. The van der Waals surface area contributed by atoms with Crippen LogP contribution in [0.3, 0.4) is 0 Å². The molecule has 0 aliphatic heterocycles. The molecule has 0 aliphatic carbocycles. The van der Waals surface area contributed by atoms with E-state index in [1.54, 1.807) is 0 Å². The van der Waals surface area contributed by atoms with Crippen LogP contribution in [0.15, 0.2) is 0 Å². The number of hydrogen-bond acceptors (Lipinski definition) is 3. The van der Waals surface area contributed by atoms with Crippen molar-refractivity contribution < 1.29 is 9.53 Å². The fourth-order valence-electron chi connectivity index (χ4n) is 2.04. The molecule has 0 fully saturated rings. The van der Waals surface area contributed by atoms with E-state index in [9.17, 15) is 4.79 Å². The smallest absolute Gasteiger partial charge is 0.306 e.